The van der Waals surface area contributed by atoms with Gasteiger partial charge in [0, 0.05) is 35.9 Å². The van der Waals surface area contributed by atoms with Crippen molar-refractivity contribution in [3.05, 3.63) is 0 Å². The number of ether oxygens (including phenoxy) is 1. The minimum absolute atomic E-state index is 0.117. The van der Waals surface area contributed by atoms with Gasteiger partial charge in [-0.25, -0.2) is 4.79 Å². The Morgan fingerprint density at radius 3 is 2.27 bits per heavy atom. The molecule has 0 saturated carbocycles. The van der Waals surface area contributed by atoms with E-state index in [-0.39, 0.29) is 18.1 Å². The molecule has 0 spiro atoms. The van der Waals surface area contributed by atoms with Crippen molar-refractivity contribution in [1.29, 1.82) is 0 Å². The summed E-state index contributed by atoms with van der Waals surface area (Å²) in [6, 6.07) is -1.78. The molecule has 0 aliphatic carbocycles. The van der Waals surface area contributed by atoms with Gasteiger partial charge in [-0.05, 0) is 20.8 Å². The highest BCUT2D eigenvalue weighted by Crippen LogP contribution is 2.52. The maximum atomic E-state index is 12.1. The number of aliphatic carboxylic acids is 1. The molecule has 0 radical (unpaired) electrons. The number of β-lactam (4-membered cyclic amide) rings is 1. The van der Waals surface area contributed by atoms with Crippen molar-refractivity contribution in [1.82, 2.24) is 4.90 Å². The number of aliphatic hydroxyl groups is 1. The zero-order chi connectivity index (χ0) is 20.4. The van der Waals surface area contributed by atoms with E-state index in [2.05, 4.69) is 4.74 Å². The SMILES string of the molecule is CCOC(C)=O.CCS(=O)C1(Cl)CC2C(C(C)(C)O)C(=O)N2[C@H]1C(=O)O. The molecule has 0 bridgehead atoms. The number of hydrogen-bond donors (Lipinski definition) is 2. The summed E-state index contributed by atoms with van der Waals surface area (Å²) in [6.45, 7) is 8.33. The van der Waals surface area contributed by atoms with Gasteiger partial charge in [0.25, 0.3) is 0 Å². The van der Waals surface area contributed by atoms with E-state index in [4.69, 9.17) is 11.6 Å². The van der Waals surface area contributed by atoms with Crippen molar-refractivity contribution in [3.8, 4) is 0 Å². The second kappa shape index (κ2) is 8.22. The molecule has 26 heavy (non-hydrogen) atoms. The highest BCUT2D eigenvalue weighted by atomic mass is 35.5. The molecule has 2 saturated heterocycles. The van der Waals surface area contributed by atoms with Crippen LogP contribution in [0.25, 0.3) is 0 Å². The molecule has 0 aromatic rings. The van der Waals surface area contributed by atoms with E-state index < -0.39 is 50.5 Å². The van der Waals surface area contributed by atoms with Crippen molar-refractivity contribution in [2.75, 3.05) is 12.4 Å². The molecule has 2 fully saturated rings. The van der Waals surface area contributed by atoms with Gasteiger partial charge in [-0.15, -0.1) is 11.6 Å². The Balaban J connectivity index is 0.000000487. The smallest absolute Gasteiger partial charge is 0.329 e. The Hall–Kier alpha value is -1.19. The molecule has 0 aromatic carbocycles. The zero-order valence-electron chi connectivity index (χ0n) is 15.5. The van der Waals surface area contributed by atoms with Gasteiger partial charge in [-0.3, -0.25) is 13.8 Å². The van der Waals surface area contributed by atoms with Gasteiger partial charge < -0.3 is 19.8 Å². The maximum absolute atomic E-state index is 12.1. The summed E-state index contributed by atoms with van der Waals surface area (Å²) in [5.41, 5.74) is -1.25. The molecule has 2 heterocycles. The van der Waals surface area contributed by atoms with Crippen LogP contribution >= 0.6 is 11.6 Å². The first-order chi connectivity index (χ1) is 11.8. The fourth-order valence-corrected chi connectivity index (χ4v) is 5.43. The van der Waals surface area contributed by atoms with Crippen LogP contribution in [0.4, 0.5) is 0 Å². The van der Waals surface area contributed by atoms with Gasteiger partial charge in [0.05, 0.1) is 18.1 Å². The first kappa shape index (κ1) is 22.9. The van der Waals surface area contributed by atoms with E-state index in [1.807, 2.05) is 0 Å². The molecule has 150 valence electrons. The van der Waals surface area contributed by atoms with Crippen molar-refractivity contribution < 1.29 is 33.5 Å². The van der Waals surface area contributed by atoms with E-state index >= 15 is 0 Å². The molecule has 8 nitrogen and oxygen atoms in total. The van der Waals surface area contributed by atoms with Gasteiger partial charge in [0.15, 0.2) is 10.2 Å². The number of hydrogen-bond acceptors (Lipinski definition) is 6. The fourth-order valence-electron chi connectivity index (χ4n) is 3.44. The summed E-state index contributed by atoms with van der Waals surface area (Å²) in [5.74, 6) is -2.39. The van der Waals surface area contributed by atoms with E-state index in [1.165, 1.54) is 25.7 Å². The lowest BCUT2D eigenvalue weighted by Gasteiger charge is -2.49. The average molecular weight is 412 g/mol. The first-order valence-corrected chi connectivity index (χ1v) is 10.0. The van der Waals surface area contributed by atoms with Crippen LogP contribution in [0.3, 0.4) is 0 Å². The molecular formula is C16H26ClNO7S. The van der Waals surface area contributed by atoms with Crippen LogP contribution in [0, 0.1) is 5.92 Å². The van der Waals surface area contributed by atoms with Crippen molar-refractivity contribution >= 4 is 40.2 Å². The Kier molecular flexibility index (Phi) is 7.23. The summed E-state index contributed by atoms with van der Waals surface area (Å²) in [6.07, 6.45) is 0.117. The van der Waals surface area contributed by atoms with E-state index in [0.717, 1.165) is 0 Å². The van der Waals surface area contributed by atoms with Crippen LogP contribution < -0.4 is 0 Å². The highest BCUT2D eigenvalue weighted by Gasteiger charge is 2.69. The minimum Gasteiger partial charge on any atom is -0.480 e. The predicted octanol–water partition coefficient (Wildman–Crippen LogP) is 0.714. The lowest BCUT2D eigenvalue weighted by molar-refractivity contribution is -0.177. The monoisotopic (exact) mass is 411 g/mol. The third kappa shape index (κ3) is 4.20. The number of esters is 1. The predicted molar refractivity (Wildman–Crippen MR) is 96.0 cm³/mol. The van der Waals surface area contributed by atoms with Crippen LogP contribution in [-0.2, 0) is 29.9 Å². The van der Waals surface area contributed by atoms with Crippen LogP contribution in [-0.4, -0.2) is 71.4 Å². The molecule has 2 aliphatic rings. The van der Waals surface area contributed by atoms with E-state index in [9.17, 15) is 28.8 Å². The number of fused-ring (bicyclic) bond motifs is 1. The van der Waals surface area contributed by atoms with Gasteiger partial charge >= 0.3 is 11.9 Å². The maximum Gasteiger partial charge on any atom is 0.329 e. The van der Waals surface area contributed by atoms with E-state index in [1.54, 1.807) is 13.8 Å². The zero-order valence-corrected chi connectivity index (χ0v) is 17.1. The number of nitrogens with zero attached hydrogens (tertiary/aromatic N) is 1. The third-order valence-electron chi connectivity index (χ3n) is 4.42. The molecule has 0 aromatic heterocycles. The summed E-state index contributed by atoms with van der Waals surface area (Å²) in [4.78, 5) is 34.6. The number of carbonyl (C=O) groups excluding carboxylic acids is 2. The van der Waals surface area contributed by atoms with Crippen LogP contribution in [0.5, 0.6) is 0 Å². The van der Waals surface area contributed by atoms with Crippen LogP contribution in [0.15, 0.2) is 0 Å². The summed E-state index contributed by atoms with van der Waals surface area (Å²) in [7, 11) is -1.57. The number of halogens is 1. The Morgan fingerprint density at radius 1 is 1.42 bits per heavy atom. The molecule has 2 aliphatic heterocycles. The number of amides is 1. The standard InChI is InChI=1S/C12H18ClNO5S.C4H8O2/c1-4-20(19)12(13)5-6-7(11(2,3)18)9(15)14(6)8(12)10(16)17;1-3-6-4(2)5/h6-8,18H,4-5H2,1-3H3,(H,16,17);3H2,1-2H3/t6?,7?,8-,12?,20?;/m0./s1. The Morgan fingerprint density at radius 2 is 1.96 bits per heavy atom. The third-order valence-corrected chi connectivity index (χ3v) is 6.97. The Bertz CT molecular complexity index is 606. The molecule has 1 amide bonds. The summed E-state index contributed by atoms with van der Waals surface area (Å²) in [5, 5.41) is 19.4. The van der Waals surface area contributed by atoms with Crippen molar-refractivity contribution in [2.24, 2.45) is 5.92 Å². The largest absolute Gasteiger partial charge is 0.480 e. The van der Waals surface area contributed by atoms with Crippen molar-refractivity contribution in [3.63, 3.8) is 0 Å². The lowest BCUT2D eigenvalue weighted by Crippen LogP contribution is -2.68. The second-order valence-corrected chi connectivity index (χ2v) is 9.63. The number of alkyl halides is 1. The Labute approximate surface area is 160 Å². The molecule has 2 N–H and O–H groups in total. The number of carbonyl (C=O) groups is 3. The van der Waals surface area contributed by atoms with Crippen LogP contribution in [0.2, 0.25) is 0 Å². The lowest BCUT2D eigenvalue weighted by atomic mass is 9.76. The molecule has 2 rings (SSSR count). The second-order valence-electron chi connectivity index (χ2n) is 6.73. The van der Waals surface area contributed by atoms with E-state index in [0.29, 0.717) is 6.61 Å². The first-order valence-electron chi connectivity index (χ1n) is 8.30. The molecule has 10 heteroatoms. The topological polar surface area (TPSA) is 121 Å². The minimum atomic E-state index is -1.57. The molecular weight excluding hydrogens is 386 g/mol. The van der Waals surface area contributed by atoms with Gasteiger partial charge in [0.1, 0.15) is 0 Å². The normalized spacial score (nSPS) is 31.3. The van der Waals surface area contributed by atoms with Crippen molar-refractivity contribution in [2.45, 2.75) is 62.9 Å². The summed E-state index contributed by atoms with van der Waals surface area (Å²) < 4.78 is 15.1. The number of carboxylic acids is 1. The average Bonchev–Trinajstić information content (AvgIpc) is 2.75. The summed E-state index contributed by atoms with van der Waals surface area (Å²) >= 11 is 6.34. The highest BCUT2D eigenvalue weighted by molar-refractivity contribution is 7.88. The number of carboxylic acid groups (broad SMARTS) is 1. The molecule has 5 atom stereocenters. The fraction of sp³-hybridized carbons (Fsp3) is 0.812. The molecule has 4 unspecified atom stereocenters. The number of rotatable bonds is 5. The van der Waals surface area contributed by atoms with Gasteiger partial charge in [0.2, 0.25) is 5.91 Å². The van der Waals surface area contributed by atoms with Crippen LogP contribution in [0.1, 0.15) is 41.0 Å². The van der Waals surface area contributed by atoms with Gasteiger partial charge in [-0.1, -0.05) is 6.92 Å². The van der Waals surface area contributed by atoms with Gasteiger partial charge in [-0.2, -0.15) is 0 Å². The quantitative estimate of drug-likeness (QED) is 0.388.